The number of carbonyl (C=O) groups is 11. The molecule has 27 heteroatoms. The van der Waals surface area contributed by atoms with Gasteiger partial charge in [-0.2, -0.15) is 0 Å². The maximum atomic E-state index is 14.4. The molecule has 416 valence electrons. The zero-order valence-corrected chi connectivity index (χ0v) is 42.7. The summed E-state index contributed by atoms with van der Waals surface area (Å²) in [5.74, 6) is -11.2. The monoisotopic (exact) mass is 1060 g/mol. The highest BCUT2D eigenvalue weighted by molar-refractivity contribution is 6.00. The third-order valence-corrected chi connectivity index (χ3v) is 11.9. The number of primary amides is 2. The Morgan fingerprint density at radius 2 is 1.14 bits per heavy atom. The predicted molar refractivity (Wildman–Crippen MR) is 274 cm³/mol. The van der Waals surface area contributed by atoms with Crippen LogP contribution in [0.5, 0.6) is 0 Å². The summed E-state index contributed by atoms with van der Waals surface area (Å²) in [5.41, 5.74) is 28.9. The first kappa shape index (κ1) is 62.1. The number of carboxylic acid groups (broad SMARTS) is 1. The zero-order valence-electron chi connectivity index (χ0n) is 42.7. The van der Waals surface area contributed by atoms with Gasteiger partial charge in [-0.3, -0.25) is 57.7 Å². The third kappa shape index (κ3) is 21.0. The van der Waals surface area contributed by atoms with Gasteiger partial charge in [0.05, 0.1) is 19.4 Å². The van der Waals surface area contributed by atoms with Crippen molar-refractivity contribution in [2.45, 2.75) is 133 Å². The number of hydrogen-bond donors (Lipinski definition) is 14. The summed E-state index contributed by atoms with van der Waals surface area (Å²) >= 11 is 0. The van der Waals surface area contributed by atoms with Crippen LogP contribution in [0.4, 0.5) is 0 Å². The molecule has 0 bridgehead atoms. The van der Waals surface area contributed by atoms with E-state index in [1.54, 1.807) is 74.5 Å². The normalized spacial score (nSPS) is 16.1. The smallest absolute Gasteiger partial charge is 0.305 e. The van der Waals surface area contributed by atoms with Crippen LogP contribution in [0, 0.1) is 5.92 Å². The molecule has 27 nitrogen and oxygen atoms in total. The molecule has 1 saturated heterocycles. The SMILES string of the molecule is CC(C)C[C@H](NC(=O)[C@H](Cc1ccccc1)NC(=O)[C@H](CC(N)=O)NC(=O)[C@@H]1CCCN1C(=O)[C@H](CC(=O)O)NC(=O)[C@H](C)NC(=O)[C@@H](N)CO)C(=O)N[C@@H](CCCN=C(N)N)C(=O)N[C@@H](Cc1ccccc1)C(N)=O. The lowest BCUT2D eigenvalue weighted by Gasteiger charge is -2.30. The van der Waals surface area contributed by atoms with Gasteiger partial charge < -0.3 is 81.0 Å². The van der Waals surface area contributed by atoms with Crippen LogP contribution in [0.25, 0.3) is 0 Å². The molecule has 1 heterocycles. The van der Waals surface area contributed by atoms with E-state index >= 15 is 0 Å². The molecule has 0 aliphatic carbocycles. The molecule has 1 aliphatic rings. The number of carbonyl (C=O) groups excluding carboxylic acids is 10. The first-order chi connectivity index (χ1) is 35.9. The van der Waals surface area contributed by atoms with Crippen LogP contribution < -0.4 is 65.9 Å². The van der Waals surface area contributed by atoms with E-state index in [1.165, 1.54) is 6.92 Å². The highest BCUT2D eigenvalue weighted by atomic mass is 16.4. The summed E-state index contributed by atoms with van der Waals surface area (Å²) in [6.07, 6.45) is -1.48. The fraction of sp³-hybridized carbons (Fsp3) is 0.510. The van der Waals surface area contributed by atoms with E-state index in [1.807, 2.05) is 0 Å². The summed E-state index contributed by atoms with van der Waals surface area (Å²) in [6.45, 7) is 4.01. The quantitative estimate of drug-likeness (QED) is 0.0191. The minimum Gasteiger partial charge on any atom is -0.481 e. The Bertz CT molecular complexity index is 2390. The number of aliphatic hydroxyl groups is 1. The van der Waals surface area contributed by atoms with Crippen LogP contribution in [0.3, 0.4) is 0 Å². The number of aliphatic carboxylic acids is 1. The second-order valence-electron chi connectivity index (χ2n) is 18.7. The Balaban J connectivity index is 1.89. The molecule has 10 amide bonds. The fourth-order valence-electron chi connectivity index (χ4n) is 8.02. The van der Waals surface area contributed by atoms with Crippen LogP contribution in [0.15, 0.2) is 65.7 Å². The van der Waals surface area contributed by atoms with Crippen molar-refractivity contribution in [3.8, 4) is 0 Å². The first-order valence-electron chi connectivity index (χ1n) is 24.6. The Morgan fingerprint density at radius 3 is 1.68 bits per heavy atom. The molecule has 0 spiro atoms. The van der Waals surface area contributed by atoms with Crippen molar-refractivity contribution >= 4 is 71.0 Å². The summed E-state index contributed by atoms with van der Waals surface area (Å²) in [6, 6.07) is 4.27. The molecule has 0 aromatic heterocycles. The van der Waals surface area contributed by atoms with Gasteiger partial charge in [0, 0.05) is 25.9 Å². The van der Waals surface area contributed by atoms with Crippen molar-refractivity contribution in [3.05, 3.63) is 71.8 Å². The summed E-state index contributed by atoms with van der Waals surface area (Å²) in [5, 5.41) is 36.2. The number of rotatable bonds is 31. The number of aliphatic hydroxyl groups excluding tert-OH is 1. The summed E-state index contributed by atoms with van der Waals surface area (Å²) in [4.78, 5) is 151. The van der Waals surface area contributed by atoms with Crippen LogP contribution in [-0.4, -0.2) is 160 Å². The molecule has 2 aromatic carbocycles. The molecule has 2 aromatic rings. The molecule has 9 atom stereocenters. The van der Waals surface area contributed by atoms with Gasteiger partial charge in [0.1, 0.15) is 54.4 Å². The molecule has 1 aliphatic heterocycles. The number of hydrogen-bond acceptors (Lipinski definition) is 14. The average molecular weight is 1070 g/mol. The van der Waals surface area contributed by atoms with E-state index in [2.05, 4.69) is 42.2 Å². The number of nitrogens with zero attached hydrogens (tertiary/aromatic N) is 2. The second kappa shape index (κ2) is 30.9. The summed E-state index contributed by atoms with van der Waals surface area (Å²) < 4.78 is 0. The second-order valence-corrected chi connectivity index (χ2v) is 18.7. The fourth-order valence-corrected chi connectivity index (χ4v) is 8.02. The lowest BCUT2D eigenvalue weighted by atomic mass is 9.99. The van der Waals surface area contributed by atoms with Crippen LogP contribution in [0.2, 0.25) is 0 Å². The Kier molecular flexibility index (Phi) is 25.2. The standard InChI is InChI=1S/C49H72N14O13/c1-26(2)20-33(44(72)57-31(16-10-18-55-49(53)54)43(71)58-32(40(52)68)21-28-12-6-4-7-13-28)59-45(73)34(22-29-14-8-5-9-15-29)60-46(74)35(23-38(51)65)61-47(75)37-17-11-19-63(37)48(76)36(24-39(66)67)62-41(69)27(3)56-42(70)30(50)25-64/h4-9,12-15,26-27,30-37,64H,10-11,16-25,50H2,1-3H3,(H2,51,65)(H2,52,68)(H,56,70)(H,57,72)(H,58,71)(H,59,73)(H,60,74)(H,61,75)(H,62,69)(H,66,67)(H4,53,54,55)/t27-,30-,31-,32-,33-,34-,35-,36-,37-/m0/s1. The Morgan fingerprint density at radius 1 is 0.632 bits per heavy atom. The topological polar surface area (TPSA) is 458 Å². The van der Waals surface area contributed by atoms with Gasteiger partial charge >= 0.3 is 5.97 Å². The van der Waals surface area contributed by atoms with Crippen molar-refractivity contribution in [1.82, 2.24) is 42.1 Å². The maximum absolute atomic E-state index is 14.4. The van der Waals surface area contributed by atoms with Crippen LogP contribution in [-0.2, 0) is 65.6 Å². The first-order valence-corrected chi connectivity index (χ1v) is 24.6. The molecule has 0 saturated carbocycles. The Hall–Kier alpha value is -8.20. The molecule has 0 radical (unpaired) electrons. The van der Waals surface area contributed by atoms with Gasteiger partial charge in [-0.1, -0.05) is 74.5 Å². The van der Waals surface area contributed by atoms with Gasteiger partial charge in [0.2, 0.25) is 59.1 Å². The molecular weight excluding hydrogens is 993 g/mol. The largest absolute Gasteiger partial charge is 0.481 e. The molecule has 1 fully saturated rings. The number of guanidine groups is 1. The zero-order chi connectivity index (χ0) is 56.6. The van der Waals surface area contributed by atoms with Gasteiger partial charge in [0.25, 0.3) is 0 Å². The predicted octanol–water partition coefficient (Wildman–Crippen LogP) is -4.87. The van der Waals surface area contributed by atoms with Crippen LogP contribution in [0.1, 0.15) is 76.8 Å². The van der Waals surface area contributed by atoms with Crippen molar-refractivity contribution in [2.24, 2.45) is 39.6 Å². The number of nitrogens with two attached hydrogens (primary N) is 5. The van der Waals surface area contributed by atoms with E-state index in [-0.39, 0.29) is 69.9 Å². The third-order valence-electron chi connectivity index (χ3n) is 11.9. The van der Waals surface area contributed by atoms with E-state index in [0.29, 0.717) is 11.1 Å². The van der Waals surface area contributed by atoms with E-state index in [4.69, 9.17) is 33.8 Å². The van der Waals surface area contributed by atoms with E-state index in [0.717, 1.165) is 4.90 Å². The van der Waals surface area contributed by atoms with Crippen molar-refractivity contribution < 1.29 is 63.0 Å². The molecule has 19 N–H and O–H groups in total. The average Bonchev–Trinajstić information content (AvgIpc) is 3.86. The molecular formula is C49H72N14O13. The maximum Gasteiger partial charge on any atom is 0.305 e. The molecule has 0 unspecified atom stereocenters. The van der Waals surface area contributed by atoms with E-state index < -0.39 is 139 Å². The highest BCUT2D eigenvalue weighted by Crippen LogP contribution is 2.20. The number of amides is 10. The van der Waals surface area contributed by atoms with Crippen molar-refractivity contribution in [1.29, 1.82) is 0 Å². The molecule has 3 rings (SSSR count). The number of nitrogens with one attached hydrogen (secondary N) is 7. The van der Waals surface area contributed by atoms with E-state index in [9.17, 15) is 57.8 Å². The molecule has 76 heavy (non-hydrogen) atoms. The van der Waals surface area contributed by atoms with Crippen molar-refractivity contribution in [3.63, 3.8) is 0 Å². The number of likely N-dealkylation sites (tertiary alicyclic amines) is 1. The highest BCUT2D eigenvalue weighted by Gasteiger charge is 2.41. The number of benzene rings is 2. The number of aliphatic imine (C=N–C) groups is 1. The van der Waals surface area contributed by atoms with Gasteiger partial charge in [-0.05, 0) is 56.1 Å². The van der Waals surface area contributed by atoms with Gasteiger partial charge in [-0.15, -0.1) is 0 Å². The number of carboxylic acids is 1. The minimum absolute atomic E-state index is 0.00172. The van der Waals surface area contributed by atoms with Crippen molar-refractivity contribution in [2.75, 3.05) is 19.7 Å². The summed E-state index contributed by atoms with van der Waals surface area (Å²) in [7, 11) is 0. The van der Waals surface area contributed by atoms with Crippen LogP contribution >= 0.6 is 0 Å². The van der Waals surface area contributed by atoms with Gasteiger partial charge in [-0.25, -0.2) is 0 Å². The lowest BCUT2D eigenvalue weighted by Crippen LogP contribution is -2.61. The van der Waals surface area contributed by atoms with Gasteiger partial charge in [0.15, 0.2) is 5.96 Å². The Labute approximate surface area is 439 Å². The lowest BCUT2D eigenvalue weighted by molar-refractivity contribution is -0.146. The minimum atomic E-state index is -1.75.